The number of rotatable bonds is 5. The lowest BCUT2D eigenvalue weighted by molar-refractivity contribution is -0.135. The first-order chi connectivity index (χ1) is 9.53. The quantitative estimate of drug-likeness (QED) is 0.668. The number of halogens is 1. The highest BCUT2D eigenvalue weighted by atomic mass is 35.5. The van der Waals surface area contributed by atoms with Crippen molar-refractivity contribution in [1.82, 2.24) is 4.90 Å². The smallest absolute Gasteiger partial charge is 0.325 e. The van der Waals surface area contributed by atoms with Gasteiger partial charge in [-0.25, -0.2) is 0 Å². The number of amides is 1. The molecule has 1 amide bonds. The summed E-state index contributed by atoms with van der Waals surface area (Å²) in [6.45, 7) is 7.81. The first-order valence-electron chi connectivity index (χ1n) is 6.89. The SMILES string of the molecule is CCN(CC)CC(=O)Oc1cc(C)c2c(c1)CC(=O)N2.Cl. The van der Waals surface area contributed by atoms with Crippen LogP contribution >= 0.6 is 12.4 Å². The number of esters is 1. The average Bonchev–Trinajstić information content (AvgIpc) is 2.77. The van der Waals surface area contributed by atoms with Gasteiger partial charge in [0.1, 0.15) is 5.75 Å². The number of fused-ring (bicyclic) bond motifs is 1. The van der Waals surface area contributed by atoms with Crippen LogP contribution < -0.4 is 10.1 Å². The van der Waals surface area contributed by atoms with Crippen molar-refractivity contribution in [1.29, 1.82) is 0 Å². The van der Waals surface area contributed by atoms with Crippen LogP contribution in [0.3, 0.4) is 0 Å². The molecular weight excluding hydrogens is 292 g/mol. The van der Waals surface area contributed by atoms with Crippen molar-refractivity contribution in [2.75, 3.05) is 25.0 Å². The summed E-state index contributed by atoms with van der Waals surface area (Å²) in [4.78, 5) is 25.2. The van der Waals surface area contributed by atoms with E-state index in [2.05, 4.69) is 5.32 Å². The second-order valence-electron chi connectivity index (χ2n) is 4.93. The molecule has 0 aromatic heterocycles. The molecule has 5 nitrogen and oxygen atoms in total. The minimum Gasteiger partial charge on any atom is -0.426 e. The predicted octanol–water partition coefficient (Wildman–Crippen LogP) is 2.16. The maximum Gasteiger partial charge on any atom is 0.325 e. The van der Waals surface area contributed by atoms with Crippen LogP contribution in [0.1, 0.15) is 25.0 Å². The van der Waals surface area contributed by atoms with Crippen LogP contribution in [-0.2, 0) is 16.0 Å². The molecule has 21 heavy (non-hydrogen) atoms. The molecule has 1 aliphatic heterocycles. The van der Waals surface area contributed by atoms with Crippen LogP contribution in [0, 0.1) is 6.92 Å². The van der Waals surface area contributed by atoms with Gasteiger partial charge in [-0.2, -0.15) is 0 Å². The van der Waals surface area contributed by atoms with E-state index in [1.807, 2.05) is 25.7 Å². The first-order valence-corrected chi connectivity index (χ1v) is 6.89. The Morgan fingerprint density at radius 3 is 2.62 bits per heavy atom. The second kappa shape index (κ2) is 7.43. The molecule has 0 unspecified atom stereocenters. The molecule has 1 N–H and O–H groups in total. The number of hydrogen-bond acceptors (Lipinski definition) is 4. The molecule has 0 aliphatic carbocycles. The van der Waals surface area contributed by atoms with Gasteiger partial charge in [-0.15, -0.1) is 12.4 Å². The Kier molecular flexibility index (Phi) is 6.18. The molecule has 0 bridgehead atoms. The lowest BCUT2D eigenvalue weighted by Gasteiger charge is -2.17. The van der Waals surface area contributed by atoms with E-state index >= 15 is 0 Å². The molecule has 1 heterocycles. The van der Waals surface area contributed by atoms with E-state index in [1.54, 1.807) is 12.1 Å². The fourth-order valence-electron chi connectivity index (χ4n) is 2.35. The molecule has 0 fully saturated rings. The molecule has 1 aliphatic rings. The normalized spacial score (nSPS) is 12.7. The van der Waals surface area contributed by atoms with Crippen LogP contribution in [0.5, 0.6) is 5.75 Å². The van der Waals surface area contributed by atoms with E-state index < -0.39 is 0 Å². The van der Waals surface area contributed by atoms with E-state index in [1.165, 1.54) is 0 Å². The third-order valence-corrected chi connectivity index (χ3v) is 3.48. The van der Waals surface area contributed by atoms with Gasteiger partial charge in [0.05, 0.1) is 13.0 Å². The summed E-state index contributed by atoms with van der Waals surface area (Å²) in [6.07, 6.45) is 0.345. The Labute approximate surface area is 131 Å². The third kappa shape index (κ3) is 4.19. The van der Waals surface area contributed by atoms with E-state index in [-0.39, 0.29) is 30.8 Å². The molecule has 1 aromatic rings. The molecule has 0 saturated carbocycles. The molecule has 2 rings (SSSR count). The van der Waals surface area contributed by atoms with Crippen LogP contribution in [0.15, 0.2) is 12.1 Å². The summed E-state index contributed by atoms with van der Waals surface area (Å²) in [5, 5.41) is 2.81. The number of nitrogens with zero attached hydrogens (tertiary/aromatic N) is 1. The highest BCUT2D eigenvalue weighted by molar-refractivity contribution is 6.00. The van der Waals surface area contributed by atoms with Crippen molar-refractivity contribution in [3.8, 4) is 5.75 Å². The third-order valence-electron chi connectivity index (χ3n) is 3.48. The zero-order chi connectivity index (χ0) is 14.7. The number of aryl methyl sites for hydroxylation is 1. The number of anilines is 1. The predicted molar refractivity (Wildman–Crippen MR) is 84.2 cm³/mol. The fourth-order valence-corrected chi connectivity index (χ4v) is 2.35. The summed E-state index contributed by atoms with van der Waals surface area (Å²) >= 11 is 0. The average molecular weight is 313 g/mol. The first kappa shape index (κ1) is 17.5. The van der Waals surface area contributed by atoms with Crippen molar-refractivity contribution < 1.29 is 14.3 Å². The van der Waals surface area contributed by atoms with Crippen molar-refractivity contribution in [2.24, 2.45) is 0 Å². The van der Waals surface area contributed by atoms with Gasteiger partial charge in [0.15, 0.2) is 0 Å². The zero-order valence-corrected chi connectivity index (χ0v) is 13.4. The maximum atomic E-state index is 11.9. The summed E-state index contributed by atoms with van der Waals surface area (Å²) in [5.74, 6) is 0.218. The fraction of sp³-hybridized carbons (Fsp3) is 0.467. The van der Waals surface area contributed by atoms with Crippen molar-refractivity contribution >= 4 is 30.0 Å². The molecule has 0 radical (unpaired) electrons. The number of hydrogen-bond donors (Lipinski definition) is 1. The van der Waals surface area contributed by atoms with Gasteiger partial charge in [-0.1, -0.05) is 13.8 Å². The Morgan fingerprint density at radius 2 is 2.00 bits per heavy atom. The van der Waals surface area contributed by atoms with Gasteiger partial charge in [0.2, 0.25) is 5.91 Å². The van der Waals surface area contributed by atoms with Gasteiger partial charge < -0.3 is 10.1 Å². The minimum absolute atomic E-state index is 0. The molecule has 116 valence electrons. The number of carbonyl (C=O) groups excluding carboxylic acids is 2. The van der Waals surface area contributed by atoms with Gasteiger partial charge in [-0.05, 0) is 43.3 Å². The lowest BCUT2D eigenvalue weighted by atomic mass is 10.1. The van der Waals surface area contributed by atoms with Crippen molar-refractivity contribution in [3.05, 3.63) is 23.3 Å². The number of nitrogens with one attached hydrogen (secondary N) is 1. The topological polar surface area (TPSA) is 58.6 Å². The molecule has 0 spiro atoms. The molecule has 0 atom stereocenters. The van der Waals surface area contributed by atoms with Crippen LogP contribution in [0.2, 0.25) is 0 Å². The zero-order valence-electron chi connectivity index (χ0n) is 12.6. The van der Waals surface area contributed by atoms with Gasteiger partial charge in [0.25, 0.3) is 0 Å². The number of ether oxygens (including phenoxy) is 1. The Balaban J connectivity index is 0.00000220. The molecular formula is C15H21ClN2O3. The van der Waals surface area contributed by atoms with Crippen LogP contribution in [-0.4, -0.2) is 36.4 Å². The van der Waals surface area contributed by atoms with Crippen LogP contribution in [0.4, 0.5) is 5.69 Å². The van der Waals surface area contributed by atoms with Gasteiger partial charge in [0, 0.05) is 5.69 Å². The highest BCUT2D eigenvalue weighted by Crippen LogP contribution is 2.31. The molecule has 1 aromatic carbocycles. The summed E-state index contributed by atoms with van der Waals surface area (Å²) in [6, 6.07) is 3.55. The number of carbonyl (C=O) groups is 2. The number of benzene rings is 1. The molecule has 0 saturated heterocycles. The minimum atomic E-state index is -0.273. The summed E-state index contributed by atoms with van der Waals surface area (Å²) in [7, 11) is 0. The Morgan fingerprint density at radius 1 is 1.33 bits per heavy atom. The van der Waals surface area contributed by atoms with E-state index in [9.17, 15) is 9.59 Å². The standard InChI is InChI=1S/C15H20N2O3.ClH/c1-4-17(5-2)9-14(19)20-12-6-10(3)15-11(7-12)8-13(18)16-15;/h6-7H,4-5,8-9H2,1-3H3,(H,16,18);1H. The number of likely N-dealkylation sites (N-methyl/N-ethyl adjacent to an activating group) is 1. The Bertz CT molecular complexity index is 542. The molecule has 6 heteroatoms. The van der Waals surface area contributed by atoms with Crippen molar-refractivity contribution in [3.63, 3.8) is 0 Å². The highest BCUT2D eigenvalue weighted by Gasteiger charge is 2.21. The van der Waals surface area contributed by atoms with E-state index in [0.29, 0.717) is 12.2 Å². The lowest BCUT2D eigenvalue weighted by Crippen LogP contribution is -2.31. The Hall–Kier alpha value is -1.59. The second-order valence-corrected chi connectivity index (χ2v) is 4.93. The van der Waals surface area contributed by atoms with Crippen molar-refractivity contribution in [2.45, 2.75) is 27.2 Å². The van der Waals surface area contributed by atoms with Gasteiger partial charge in [-0.3, -0.25) is 14.5 Å². The maximum absolute atomic E-state index is 11.9. The van der Waals surface area contributed by atoms with E-state index in [4.69, 9.17) is 4.74 Å². The summed E-state index contributed by atoms with van der Waals surface area (Å²) < 4.78 is 5.37. The summed E-state index contributed by atoms with van der Waals surface area (Å²) in [5.41, 5.74) is 2.65. The largest absolute Gasteiger partial charge is 0.426 e. The van der Waals surface area contributed by atoms with E-state index in [0.717, 1.165) is 29.9 Å². The monoisotopic (exact) mass is 312 g/mol. The van der Waals surface area contributed by atoms with Gasteiger partial charge >= 0.3 is 5.97 Å². The van der Waals surface area contributed by atoms with Crippen LogP contribution in [0.25, 0.3) is 0 Å².